The SMILES string of the molecule is C[C@H](N)c1ccc(OCC(F)(F)F)cc1Br. The van der Waals surface area contributed by atoms with Crippen molar-refractivity contribution in [1.82, 2.24) is 0 Å². The number of hydrogen-bond acceptors (Lipinski definition) is 2. The number of hydrogen-bond donors (Lipinski definition) is 1. The van der Waals surface area contributed by atoms with E-state index in [4.69, 9.17) is 5.73 Å². The third-order valence-corrected chi connectivity index (χ3v) is 2.55. The molecule has 0 fully saturated rings. The van der Waals surface area contributed by atoms with Gasteiger partial charge in [0.05, 0.1) is 0 Å². The number of alkyl halides is 3. The van der Waals surface area contributed by atoms with Gasteiger partial charge in [-0.05, 0) is 24.6 Å². The van der Waals surface area contributed by atoms with Gasteiger partial charge in [0.2, 0.25) is 0 Å². The van der Waals surface area contributed by atoms with Crippen molar-refractivity contribution in [1.29, 1.82) is 0 Å². The molecule has 0 spiro atoms. The average Bonchev–Trinajstić information content (AvgIpc) is 2.13. The quantitative estimate of drug-likeness (QED) is 0.928. The van der Waals surface area contributed by atoms with E-state index in [-0.39, 0.29) is 11.8 Å². The first-order valence-corrected chi connectivity index (χ1v) is 5.33. The standard InChI is InChI=1S/C10H11BrF3NO/c1-6(15)8-3-2-7(4-9(8)11)16-5-10(12,13)14/h2-4,6H,5,15H2,1H3/t6-/m0/s1. The van der Waals surface area contributed by atoms with Crippen LogP contribution in [0.25, 0.3) is 0 Å². The van der Waals surface area contributed by atoms with Gasteiger partial charge in [0.1, 0.15) is 5.75 Å². The first-order valence-electron chi connectivity index (χ1n) is 4.54. The average molecular weight is 298 g/mol. The van der Waals surface area contributed by atoms with Gasteiger partial charge < -0.3 is 10.5 Å². The predicted octanol–water partition coefficient (Wildman–Crippen LogP) is 3.41. The van der Waals surface area contributed by atoms with Crippen LogP contribution in [0.2, 0.25) is 0 Å². The number of nitrogens with two attached hydrogens (primary N) is 1. The summed E-state index contributed by atoms with van der Waals surface area (Å²) in [7, 11) is 0. The molecule has 0 amide bonds. The molecule has 2 N–H and O–H groups in total. The lowest BCUT2D eigenvalue weighted by molar-refractivity contribution is -0.153. The van der Waals surface area contributed by atoms with E-state index >= 15 is 0 Å². The zero-order valence-electron chi connectivity index (χ0n) is 8.51. The summed E-state index contributed by atoms with van der Waals surface area (Å²) >= 11 is 3.23. The van der Waals surface area contributed by atoms with Crippen LogP contribution in [0.1, 0.15) is 18.5 Å². The van der Waals surface area contributed by atoms with Gasteiger partial charge in [0.25, 0.3) is 0 Å². The Morgan fingerprint density at radius 2 is 2.06 bits per heavy atom. The van der Waals surface area contributed by atoms with Gasteiger partial charge in [-0.1, -0.05) is 22.0 Å². The van der Waals surface area contributed by atoms with Crippen molar-refractivity contribution in [2.45, 2.75) is 19.1 Å². The minimum Gasteiger partial charge on any atom is -0.484 e. The molecule has 90 valence electrons. The van der Waals surface area contributed by atoms with Gasteiger partial charge in [-0.15, -0.1) is 0 Å². The molecule has 0 saturated heterocycles. The molecule has 0 aromatic heterocycles. The fourth-order valence-corrected chi connectivity index (χ4v) is 1.85. The zero-order valence-corrected chi connectivity index (χ0v) is 10.1. The summed E-state index contributed by atoms with van der Waals surface area (Å²) in [5, 5.41) is 0. The van der Waals surface area contributed by atoms with Crippen LogP contribution >= 0.6 is 15.9 Å². The maximum Gasteiger partial charge on any atom is 0.422 e. The van der Waals surface area contributed by atoms with Gasteiger partial charge in [0, 0.05) is 10.5 Å². The Balaban J connectivity index is 2.74. The molecule has 1 atom stereocenters. The minimum absolute atomic E-state index is 0.161. The van der Waals surface area contributed by atoms with Crippen LogP contribution < -0.4 is 10.5 Å². The molecule has 0 unspecified atom stereocenters. The number of benzene rings is 1. The number of rotatable bonds is 3. The predicted molar refractivity (Wildman–Crippen MR) is 58.3 cm³/mol. The Labute approximate surface area is 99.7 Å². The molecule has 0 aliphatic rings. The highest BCUT2D eigenvalue weighted by Crippen LogP contribution is 2.27. The molecular formula is C10H11BrF3NO. The van der Waals surface area contributed by atoms with E-state index in [1.54, 1.807) is 13.0 Å². The van der Waals surface area contributed by atoms with Gasteiger partial charge >= 0.3 is 6.18 Å². The molecule has 0 bridgehead atoms. The largest absolute Gasteiger partial charge is 0.484 e. The lowest BCUT2D eigenvalue weighted by Gasteiger charge is -2.12. The Kier molecular flexibility index (Phi) is 4.21. The van der Waals surface area contributed by atoms with E-state index in [2.05, 4.69) is 20.7 Å². The van der Waals surface area contributed by atoms with Crippen LogP contribution in [0.4, 0.5) is 13.2 Å². The topological polar surface area (TPSA) is 35.2 Å². The molecule has 16 heavy (non-hydrogen) atoms. The third kappa shape index (κ3) is 4.02. The van der Waals surface area contributed by atoms with Crippen molar-refractivity contribution in [3.63, 3.8) is 0 Å². The molecule has 1 rings (SSSR count). The number of halogens is 4. The lowest BCUT2D eigenvalue weighted by Crippen LogP contribution is -2.19. The molecule has 1 aromatic carbocycles. The van der Waals surface area contributed by atoms with Crippen LogP contribution in [-0.4, -0.2) is 12.8 Å². The molecule has 0 heterocycles. The summed E-state index contributed by atoms with van der Waals surface area (Å²) in [4.78, 5) is 0. The fourth-order valence-electron chi connectivity index (χ4n) is 1.13. The maximum absolute atomic E-state index is 11.9. The van der Waals surface area contributed by atoms with Crippen LogP contribution in [0.3, 0.4) is 0 Å². The fraction of sp³-hybridized carbons (Fsp3) is 0.400. The second-order valence-corrected chi connectivity index (χ2v) is 4.23. The number of ether oxygens (including phenoxy) is 1. The molecule has 2 nitrogen and oxygen atoms in total. The Morgan fingerprint density at radius 1 is 1.44 bits per heavy atom. The van der Waals surface area contributed by atoms with Gasteiger partial charge in [0.15, 0.2) is 6.61 Å². The molecular weight excluding hydrogens is 287 g/mol. The van der Waals surface area contributed by atoms with Crippen molar-refractivity contribution in [3.8, 4) is 5.75 Å². The highest BCUT2D eigenvalue weighted by atomic mass is 79.9. The van der Waals surface area contributed by atoms with E-state index in [0.717, 1.165) is 5.56 Å². The normalized spacial score (nSPS) is 13.6. The Morgan fingerprint density at radius 3 is 2.50 bits per heavy atom. The summed E-state index contributed by atoms with van der Waals surface area (Å²) in [5.41, 5.74) is 6.48. The summed E-state index contributed by atoms with van der Waals surface area (Å²) in [6, 6.07) is 4.39. The summed E-state index contributed by atoms with van der Waals surface area (Å²) in [6.45, 7) is 0.493. The monoisotopic (exact) mass is 297 g/mol. The highest BCUT2D eigenvalue weighted by Gasteiger charge is 2.28. The van der Waals surface area contributed by atoms with Crippen LogP contribution in [0.15, 0.2) is 22.7 Å². The molecule has 0 aliphatic carbocycles. The van der Waals surface area contributed by atoms with Crippen molar-refractivity contribution < 1.29 is 17.9 Å². The van der Waals surface area contributed by atoms with Crippen LogP contribution in [0.5, 0.6) is 5.75 Å². The Bertz CT molecular complexity index is 366. The van der Waals surface area contributed by atoms with E-state index in [0.29, 0.717) is 4.47 Å². The molecule has 6 heteroatoms. The van der Waals surface area contributed by atoms with Gasteiger partial charge in [-0.2, -0.15) is 13.2 Å². The smallest absolute Gasteiger partial charge is 0.422 e. The van der Waals surface area contributed by atoms with Crippen molar-refractivity contribution in [3.05, 3.63) is 28.2 Å². The van der Waals surface area contributed by atoms with E-state index in [9.17, 15) is 13.2 Å². The van der Waals surface area contributed by atoms with Crippen molar-refractivity contribution in [2.75, 3.05) is 6.61 Å². The second kappa shape index (κ2) is 5.05. The molecule has 0 radical (unpaired) electrons. The second-order valence-electron chi connectivity index (χ2n) is 3.38. The molecule has 1 aromatic rings. The first kappa shape index (κ1) is 13.3. The minimum atomic E-state index is -4.33. The highest BCUT2D eigenvalue weighted by molar-refractivity contribution is 9.10. The van der Waals surface area contributed by atoms with E-state index in [1.165, 1.54) is 12.1 Å². The van der Waals surface area contributed by atoms with Crippen LogP contribution in [-0.2, 0) is 0 Å². The first-order chi connectivity index (χ1) is 7.29. The van der Waals surface area contributed by atoms with Gasteiger partial charge in [-0.3, -0.25) is 0 Å². The lowest BCUT2D eigenvalue weighted by atomic mass is 10.1. The van der Waals surface area contributed by atoms with E-state index in [1.807, 2.05) is 0 Å². The summed E-state index contributed by atoms with van der Waals surface area (Å²) in [5.74, 6) is 0.161. The molecule has 0 saturated carbocycles. The van der Waals surface area contributed by atoms with Crippen LogP contribution in [0, 0.1) is 0 Å². The molecule has 0 aliphatic heterocycles. The maximum atomic E-state index is 11.9. The van der Waals surface area contributed by atoms with Crippen molar-refractivity contribution in [2.24, 2.45) is 5.73 Å². The van der Waals surface area contributed by atoms with Gasteiger partial charge in [-0.25, -0.2) is 0 Å². The zero-order chi connectivity index (χ0) is 12.3. The third-order valence-electron chi connectivity index (χ3n) is 1.86. The summed E-state index contributed by atoms with van der Waals surface area (Å²) < 4.78 is 40.9. The summed E-state index contributed by atoms with van der Waals surface area (Å²) in [6.07, 6.45) is -4.33. The van der Waals surface area contributed by atoms with E-state index < -0.39 is 12.8 Å². The Hall–Kier alpha value is -0.750. The van der Waals surface area contributed by atoms with Crippen molar-refractivity contribution >= 4 is 15.9 Å².